The Balaban J connectivity index is 1.27. The highest BCUT2D eigenvalue weighted by Crippen LogP contribution is 2.31. The summed E-state index contributed by atoms with van der Waals surface area (Å²) in [7, 11) is 0. The Morgan fingerprint density at radius 1 is 0.882 bits per heavy atom. The fourth-order valence-electron chi connectivity index (χ4n) is 4.71. The van der Waals surface area contributed by atoms with Gasteiger partial charge in [0.25, 0.3) is 0 Å². The van der Waals surface area contributed by atoms with Crippen LogP contribution in [0.4, 0.5) is 4.79 Å². The van der Waals surface area contributed by atoms with Crippen molar-refractivity contribution in [3.05, 3.63) is 108 Å². The molecule has 0 bridgehead atoms. The number of rotatable bonds is 7. The number of aromatic nitrogens is 3. The van der Waals surface area contributed by atoms with Crippen LogP contribution in [0.25, 0.3) is 11.3 Å². The number of hydrogen-bond donors (Lipinski definition) is 2. The third-order valence-corrected chi connectivity index (χ3v) is 6.36. The molecule has 1 aliphatic rings. The van der Waals surface area contributed by atoms with Crippen molar-refractivity contribution in [1.29, 1.82) is 0 Å². The molecule has 0 radical (unpaired) electrons. The molecule has 0 saturated heterocycles. The van der Waals surface area contributed by atoms with Gasteiger partial charge in [-0.3, -0.25) is 9.67 Å². The second-order valence-corrected chi connectivity index (χ2v) is 8.59. The van der Waals surface area contributed by atoms with Crippen molar-refractivity contribution >= 4 is 6.03 Å². The first kappa shape index (κ1) is 21.9. The van der Waals surface area contributed by atoms with Crippen molar-refractivity contribution in [1.82, 2.24) is 25.4 Å². The standard InChI is InChI=1S/C28H29N5O/c34-28(31-26(21-9-3-1-4-10-21)22-11-5-2-6-12-22)30-19-20-33-25-14-8-7-13-24(25)27(32-33)23-15-17-29-18-16-23/h1-6,9-12,15-18,26H,7-8,13-14,19-20H2,(H2,30,31,34). The van der Waals surface area contributed by atoms with E-state index < -0.39 is 0 Å². The smallest absolute Gasteiger partial charge is 0.315 e. The van der Waals surface area contributed by atoms with E-state index in [9.17, 15) is 4.79 Å². The highest BCUT2D eigenvalue weighted by Gasteiger charge is 2.22. The first-order valence-electron chi connectivity index (χ1n) is 11.9. The number of pyridine rings is 1. The van der Waals surface area contributed by atoms with E-state index in [2.05, 4.69) is 20.3 Å². The van der Waals surface area contributed by atoms with Crippen molar-refractivity contribution in [2.24, 2.45) is 0 Å². The molecule has 6 nitrogen and oxygen atoms in total. The Kier molecular flexibility index (Phi) is 6.66. The molecule has 2 aromatic carbocycles. The Morgan fingerprint density at radius 3 is 2.21 bits per heavy atom. The molecule has 6 heteroatoms. The average Bonchev–Trinajstić information content (AvgIpc) is 3.27. The predicted molar refractivity (Wildman–Crippen MR) is 133 cm³/mol. The van der Waals surface area contributed by atoms with E-state index in [1.54, 1.807) is 0 Å². The van der Waals surface area contributed by atoms with Gasteiger partial charge < -0.3 is 10.6 Å². The number of benzene rings is 2. The SMILES string of the molecule is O=C(NCCn1nc(-c2ccncc2)c2c1CCCC2)NC(c1ccccc1)c1ccccc1. The number of urea groups is 1. The van der Waals surface area contributed by atoms with Gasteiger partial charge in [-0.05, 0) is 48.9 Å². The summed E-state index contributed by atoms with van der Waals surface area (Å²) in [6, 6.07) is 23.7. The Morgan fingerprint density at radius 2 is 1.53 bits per heavy atom. The molecule has 34 heavy (non-hydrogen) atoms. The van der Waals surface area contributed by atoms with Gasteiger partial charge in [-0.15, -0.1) is 0 Å². The minimum Gasteiger partial charge on any atom is -0.336 e. The number of nitrogens with one attached hydrogen (secondary N) is 2. The maximum absolute atomic E-state index is 12.8. The minimum absolute atomic E-state index is 0.187. The first-order chi connectivity index (χ1) is 16.8. The molecule has 0 atom stereocenters. The normalized spacial score (nSPS) is 12.9. The van der Waals surface area contributed by atoms with Crippen LogP contribution in [0, 0.1) is 0 Å². The molecule has 0 aliphatic heterocycles. The molecule has 0 fully saturated rings. The lowest BCUT2D eigenvalue weighted by molar-refractivity contribution is 0.238. The molecule has 5 rings (SSSR count). The molecule has 4 aromatic rings. The number of nitrogens with zero attached hydrogens (tertiary/aromatic N) is 3. The van der Waals surface area contributed by atoms with Crippen molar-refractivity contribution < 1.29 is 4.79 Å². The average molecular weight is 452 g/mol. The van der Waals surface area contributed by atoms with Crippen LogP contribution in [0.2, 0.25) is 0 Å². The Labute approximate surface area is 200 Å². The van der Waals surface area contributed by atoms with Gasteiger partial charge in [0.15, 0.2) is 0 Å². The van der Waals surface area contributed by atoms with Gasteiger partial charge in [-0.1, -0.05) is 60.7 Å². The Hall–Kier alpha value is -3.93. The number of fused-ring (bicyclic) bond motifs is 1. The number of carbonyl (C=O) groups excluding carboxylic acids is 1. The van der Waals surface area contributed by atoms with Crippen LogP contribution in [0.5, 0.6) is 0 Å². The van der Waals surface area contributed by atoms with E-state index in [0.29, 0.717) is 13.1 Å². The van der Waals surface area contributed by atoms with Gasteiger partial charge in [0.2, 0.25) is 0 Å². The largest absolute Gasteiger partial charge is 0.336 e. The number of hydrogen-bond acceptors (Lipinski definition) is 3. The van der Waals surface area contributed by atoms with E-state index in [0.717, 1.165) is 35.2 Å². The lowest BCUT2D eigenvalue weighted by Crippen LogP contribution is -2.39. The van der Waals surface area contributed by atoms with Gasteiger partial charge >= 0.3 is 6.03 Å². The summed E-state index contributed by atoms with van der Waals surface area (Å²) in [5, 5.41) is 11.1. The van der Waals surface area contributed by atoms with E-state index in [-0.39, 0.29) is 12.1 Å². The number of amides is 2. The summed E-state index contributed by atoms with van der Waals surface area (Å²) in [5.74, 6) is 0. The van der Waals surface area contributed by atoms with E-state index in [4.69, 9.17) is 5.10 Å². The van der Waals surface area contributed by atoms with Gasteiger partial charge in [0.05, 0.1) is 18.3 Å². The molecule has 2 amide bonds. The van der Waals surface area contributed by atoms with Gasteiger partial charge in [0, 0.05) is 35.8 Å². The Bertz CT molecular complexity index is 1180. The zero-order valence-electron chi connectivity index (χ0n) is 19.2. The van der Waals surface area contributed by atoms with Crippen LogP contribution >= 0.6 is 0 Å². The summed E-state index contributed by atoms with van der Waals surface area (Å²) >= 11 is 0. The zero-order valence-corrected chi connectivity index (χ0v) is 19.2. The van der Waals surface area contributed by atoms with Crippen LogP contribution in [-0.4, -0.2) is 27.3 Å². The highest BCUT2D eigenvalue weighted by molar-refractivity contribution is 5.75. The molecule has 2 N–H and O–H groups in total. The van der Waals surface area contributed by atoms with E-state index >= 15 is 0 Å². The lowest BCUT2D eigenvalue weighted by Gasteiger charge is -2.20. The van der Waals surface area contributed by atoms with Crippen molar-refractivity contribution in [3.63, 3.8) is 0 Å². The monoisotopic (exact) mass is 451 g/mol. The van der Waals surface area contributed by atoms with E-state index in [1.807, 2.05) is 85.2 Å². The number of carbonyl (C=O) groups is 1. The van der Waals surface area contributed by atoms with Crippen LogP contribution in [0.1, 0.15) is 41.3 Å². The summed E-state index contributed by atoms with van der Waals surface area (Å²) in [6.45, 7) is 1.15. The predicted octanol–water partition coefficient (Wildman–Crippen LogP) is 4.91. The maximum atomic E-state index is 12.8. The minimum atomic E-state index is -0.210. The first-order valence-corrected chi connectivity index (χ1v) is 11.9. The third-order valence-electron chi connectivity index (χ3n) is 6.36. The van der Waals surface area contributed by atoms with Gasteiger partial charge in [0.1, 0.15) is 0 Å². The zero-order chi connectivity index (χ0) is 23.2. The van der Waals surface area contributed by atoms with E-state index in [1.165, 1.54) is 24.1 Å². The topological polar surface area (TPSA) is 71.8 Å². The van der Waals surface area contributed by atoms with Crippen molar-refractivity contribution in [2.45, 2.75) is 38.3 Å². The second-order valence-electron chi connectivity index (χ2n) is 8.59. The quantitative estimate of drug-likeness (QED) is 0.419. The molecule has 0 saturated carbocycles. The molecule has 2 heterocycles. The summed E-state index contributed by atoms with van der Waals surface area (Å²) < 4.78 is 2.08. The molecule has 1 aliphatic carbocycles. The fourth-order valence-corrected chi connectivity index (χ4v) is 4.71. The van der Waals surface area contributed by atoms with Crippen LogP contribution in [-0.2, 0) is 19.4 Å². The summed E-state index contributed by atoms with van der Waals surface area (Å²) in [4.78, 5) is 17.0. The van der Waals surface area contributed by atoms with Crippen LogP contribution < -0.4 is 10.6 Å². The second kappa shape index (κ2) is 10.3. The molecule has 0 unspecified atom stereocenters. The molecular weight excluding hydrogens is 422 g/mol. The van der Waals surface area contributed by atoms with Gasteiger partial charge in [-0.2, -0.15) is 5.10 Å². The van der Waals surface area contributed by atoms with Crippen LogP contribution in [0.3, 0.4) is 0 Å². The van der Waals surface area contributed by atoms with Crippen molar-refractivity contribution in [3.8, 4) is 11.3 Å². The fraction of sp³-hybridized carbons (Fsp3) is 0.250. The molecular formula is C28H29N5O. The van der Waals surface area contributed by atoms with Crippen LogP contribution in [0.15, 0.2) is 85.2 Å². The lowest BCUT2D eigenvalue weighted by atomic mass is 9.94. The molecule has 172 valence electrons. The molecule has 2 aromatic heterocycles. The molecule has 0 spiro atoms. The van der Waals surface area contributed by atoms with Gasteiger partial charge in [-0.25, -0.2) is 4.79 Å². The van der Waals surface area contributed by atoms with Crippen molar-refractivity contribution in [2.75, 3.05) is 6.54 Å². The summed E-state index contributed by atoms with van der Waals surface area (Å²) in [5.41, 5.74) is 6.89. The summed E-state index contributed by atoms with van der Waals surface area (Å²) in [6.07, 6.45) is 8.08. The third kappa shape index (κ3) is 4.86. The maximum Gasteiger partial charge on any atom is 0.315 e. The highest BCUT2D eigenvalue weighted by atomic mass is 16.2.